The van der Waals surface area contributed by atoms with Crippen LogP contribution in [-0.4, -0.2) is 23.3 Å². The molecule has 0 unspecified atom stereocenters. The monoisotopic (exact) mass is 281 g/mol. The Morgan fingerprint density at radius 3 is 2.16 bits per heavy atom. The van der Waals surface area contributed by atoms with Crippen molar-refractivity contribution in [1.29, 1.82) is 0 Å². The van der Waals surface area contributed by atoms with E-state index in [1.165, 1.54) is 5.01 Å². The van der Waals surface area contributed by atoms with E-state index in [2.05, 4.69) is 41.5 Å². The number of nitrogens with zero attached hydrogens (tertiary/aromatic N) is 1. The molecule has 0 aliphatic carbocycles. The minimum Gasteiger partial charge on any atom is -0.399 e. The first-order valence-corrected chi connectivity index (χ1v) is 7.96. The molecule has 0 aromatic carbocycles. The highest BCUT2D eigenvalue weighted by Gasteiger charge is 2.53. The van der Waals surface area contributed by atoms with Crippen molar-refractivity contribution in [3.63, 3.8) is 0 Å². The third-order valence-corrected chi connectivity index (χ3v) is 5.29. The van der Waals surface area contributed by atoms with Crippen molar-refractivity contribution in [1.82, 2.24) is 4.98 Å². The smallest absolute Gasteiger partial charge is 0.399 e. The van der Waals surface area contributed by atoms with Gasteiger partial charge >= 0.3 is 7.12 Å². The molecule has 2 heterocycles. The second kappa shape index (κ2) is 5.19. The molecule has 1 aliphatic rings. The second-order valence-electron chi connectivity index (χ2n) is 6.11. The molecule has 106 valence electrons. The van der Waals surface area contributed by atoms with E-state index < -0.39 is 0 Å². The molecular weight excluding hydrogens is 257 g/mol. The molecule has 1 aliphatic heterocycles. The molecule has 0 bridgehead atoms. The van der Waals surface area contributed by atoms with E-state index in [9.17, 15) is 0 Å². The lowest BCUT2D eigenvalue weighted by atomic mass is 9.85. The van der Waals surface area contributed by atoms with Crippen LogP contribution in [0.25, 0.3) is 0 Å². The molecule has 0 spiro atoms. The van der Waals surface area contributed by atoms with Gasteiger partial charge in [-0.2, -0.15) is 0 Å². The SMILES string of the molecule is CCCc1nc(CC)sc1B1OC(C)(C)C(C)(C)O1. The van der Waals surface area contributed by atoms with Gasteiger partial charge in [0.1, 0.15) is 0 Å². The Labute approximate surface area is 120 Å². The number of thiazole rings is 1. The van der Waals surface area contributed by atoms with Crippen LogP contribution in [0.2, 0.25) is 0 Å². The fourth-order valence-electron chi connectivity index (χ4n) is 2.12. The normalized spacial score (nSPS) is 21.1. The average Bonchev–Trinajstić information content (AvgIpc) is 2.79. The maximum Gasteiger partial charge on any atom is 0.507 e. The molecule has 0 N–H and O–H groups in total. The summed E-state index contributed by atoms with van der Waals surface area (Å²) in [6, 6.07) is 0. The van der Waals surface area contributed by atoms with Gasteiger partial charge in [-0.05, 0) is 40.5 Å². The Morgan fingerprint density at radius 2 is 1.68 bits per heavy atom. The van der Waals surface area contributed by atoms with Gasteiger partial charge in [0, 0.05) is 0 Å². The van der Waals surface area contributed by atoms with Crippen LogP contribution < -0.4 is 4.78 Å². The van der Waals surface area contributed by atoms with Crippen LogP contribution >= 0.6 is 11.3 Å². The molecular formula is C14H24BNO2S. The molecule has 19 heavy (non-hydrogen) atoms. The first-order valence-electron chi connectivity index (χ1n) is 7.15. The minimum atomic E-state index is -0.280. The van der Waals surface area contributed by atoms with E-state index in [-0.39, 0.29) is 18.3 Å². The third-order valence-electron chi connectivity index (χ3n) is 4.03. The summed E-state index contributed by atoms with van der Waals surface area (Å²) in [6.45, 7) is 12.7. The molecule has 3 nitrogen and oxygen atoms in total. The highest BCUT2D eigenvalue weighted by Crippen LogP contribution is 2.37. The van der Waals surface area contributed by atoms with Crippen molar-refractivity contribution in [2.45, 2.75) is 72.0 Å². The number of hydrogen-bond acceptors (Lipinski definition) is 4. The van der Waals surface area contributed by atoms with E-state index in [0.717, 1.165) is 29.7 Å². The lowest BCUT2D eigenvalue weighted by Gasteiger charge is -2.32. The van der Waals surface area contributed by atoms with Gasteiger partial charge in [0.2, 0.25) is 0 Å². The summed E-state index contributed by atoms with van der Waals surface area (Å²) in [5.74, 6) is 0. The highest BCUT2D eigenvalue weighted by molar-refractivity contribution is 7.22. The Bertz CT molecular complexity index is 440. The third kappa shape index (κ3) is 2.74. The Hall–Kier alpha value is -0.385. The Kier molecular flexibility index (Phi) is 4.10. The van der Waals surface area contributed by atoms with Crippen molar-refractivity contribution in [2.75, 3.05) is 0 Å². The fourth-order valence-corrected chi connectivity index (χ4v) is 3.13. The van der Waals surface area contributed by atoms with Gasteiger partial charge in [-0.25, -0.2) is 4.98 Å². The van der Waals surface area contributed by atoms with Crippen LogP contribution in [0, 0.1) is 0 Å². The molecule has 2 rings (SSSR count). The molecule has 1 saturated heterocycles. The van der Waals surface area contributed by atoms with Gasteiger partial charge < -0.3 is 9.31 Å². The number of rotatable bonds is 4. The van der Waals surface area contributed by atoms with Crippen molar-refractivity contribution in [3.05, 3.63) is 10.7 Å². The summed E-state index contributed by atoms with van der Waals surface area (Å²) in [5, 5.41) is 1.17. The van der Waals surface area contributed by atoms with E-state index in [1.807, 2.05) is 0 Å². The molecule has 0 radical (unpaired) electrons. The second-order valence-corrected chi connectivity index (χ2v) is 7.23. The first-order chi connectivity index (χ1) is 8.80. The van der Waals surface area contributed by atoms with Crippen LogP contribution in [0.15, 0.2) is 0 Å². The van der Waals surface area contributed by atoms with Gasteiger partial charge in [-0.1, -0.05) is 20.3 Å². The largest absolute Gasteiger partial charge is 0.507 e. The molecule has 5 heteroatoms. The summed E-state index contributed by atoms with van der Waals surface area (Å²) < 4.78 is 13.5. The summed E-state index contributed by atoms with van der Waals surface area (Å²) in [7, 11) is -0.260. The number of aromatic nitrogens is 1. The average molecular weight is 281 g/mol. The maximum absolute atomic E-state index is 6.14. The van der Waals surface area contributed by atoms with E-state index in [1.54, 1.807) is 11.3 Å². The van der Waals surface area contributed by atoms with E-state index >= 15 is 0 Å². The van der Waals surface area contributed by atoms with Gasteiger partial charge in [-0.15, -0.1) is 11.3 Å². The quantitative estimate of drug-likeness (QED) is 0.795. The highest BCUT2D eigenvalue weighted by atomic mass is 32.1. The van der Waals surface area contributed by atoms with Gasteiger partial charge in [0.15, 0.2) is 0 Å². The zero-order valence-corrected chi connectivity index (χ0v) is 13.7. The summed E-state index contributed by atoms with van der Waals surface area (Å²) in [5.41, 5.74) is 0.595. The van der Waals surface area contributed by atoms with Crippen molar-refractivity contribution >= 4 is 23.2 Å². The van der Waals surface area contributed by atoms with E-state index in [4.69, 9.17) is 14.3 Å². The zero-order valence-electron chi connectivity index (χ0n) is 12.9. The topological polar surface area (TPSA) is 31.4 Å². The van der Waals surface area contributed by atoms with Crippen molar-refractivity contribution in [2.24, 2.45) is 0 Å². The summed E-state index contributed by atoms with van der Waals surface area (Å²) in [4.78, 5) is 4.72. The van der Waals surface area contributed by atoms with Gasteiger partial charge in [0.05, 0.1) is 26.7 Å². The fraction of sp³-hybridized carbons (Fsp3) is 0.786. The van der Waals surface area contributed by atoms with Crippen LogP contribution in [-0.2, 0) is 22.2 Å². The standard InChI is InChI=1S/C14H24BNO2S/c1-7-9-10-12(19-11(8-2)16-10)15-17-13(3,4)14(5,6)18-15/h7-9H2,1-6H3. The van der Waals surface area contributed by atoms with Crippen LogP contribution in [0.5, 0.6) is 0 Å². The predicted octanol–water partition coefficient (Wildman–Crippen LogP) is 2.96. The molecule has 0 saturated carbocycles. The first kappa shape index (κ1) is 15.0. The zero-order chi connectivity index (χ0) is 14.3. The number of aryl methyl sites for hydroxylation is 2. The predicted molar refractivity (Wildman–Crippen MR) is 81.2 cm³/mol. The van der Waals surface area contributed by atoms with Crippen LogP contribution in [0.4, 0.5) is 0 Å². The minimum absolute atomic E-state index is 0.260. The van der Waals surface area contributed by atoms with Crippen molar-refractivity contribution in [3.8, 4) is 0 Å². The maximum atomic E-state index is 6.14. The van der Waals surface area contributed by atoms with E-state index in [0.29, 0.717) is 0 Å². The lowest BCUT2D eigenvalue weighted by molar-refractivity contribution is 0.00578. The summed E-state index contributed by atoms with van der Waals surface area (Å²) in [6.07, 6.45) is 3.07. The molecule has 0 amide bonds. The van der Waals surface area contributed by atoms with Gasteiger partial charge in [0.25, 0.3) is 0 Å². The van der Waals surface area contributed by atoms with Crippen LogP contribution in [0.1, 0.15) is 58.7 Å². The van der Waals surface area contributed by atoms with Gasteiger partial charge in [-0.3, -0.25) is 0 Å². The Morgan fingerprint density at radius 1 is 1.11 bits per heavy atom. The Balaban J connectivity index is 2.30. The summed E-state index contributed by atoms with van der Waals surface area (Å²) >= 11 is 1.74. The molecule has 1 aromatic rings. The molecule has 1 fully saturated rings. The van der Waals surface area contributed by atoms with Crippen LogP contribution in [0.3, 0.4) is 0 Å². The number of hydrogen-bond donors (Lipinski definition) is 0. The van der Waals surface area contributed by atoms with Crippen molar-refractivity contribution < 1.29 is 9.31 Å². The molecule has 0 atom stereocenters. The lowest BCUT2D eigenvalue weighted by Crippen LogP contribution is -2.41. The molecule has 1 aromatic heterocycles.